The average Bonchev–Trinajstić information content (AvgIpc) is 3.02. The van der Waals surface area contributed by atoms with Crippen LogP contribution < -0.4 is 14.2 Å². The Morgan fingerprint density at radius 3 is 2.30 bits per heavy atom. The van der Waals surface area contributed by atoms with E-state index < -0.39 is 17.7 Å². The second-order valence-corrected chi connectivity index (χ2v) is 6.90. The van der Waals surface area contributed by atoms with Gasteiger partial charge < -0.3 is 24.2 Å². The Morgan fingerprint density at radius 1 is 1.00 bits per heavy atom. The number of carbonyl (C=O) groups excluding carboxylic acids is 2. The Bertz CT molecular complexity index is 997. The van der Waals surface area contributed by atoms with Crippen LogP contribution in [0.5, 0.6) is 17.2 Å². The largest absolute Gasteiger partial charge is 0.503 e. The molecule has 0 saturated carbocycles. The van der Waals surface area contributed by atoms with Gasteiger partial charge in [-0.15, -0.1) is 0 Å². The van der Waals surface area contributed by atoms with Crippen LogP contribution in [0.4, 0.5) is 0 Å². The first-order valence-corrected chi connectivity index (χ1v) is 9.51. The van der Waals surface area contributed by atoms with Crippen LogP contribution >= 0.6 is 0 Å². The van der Waals surface area contributed by atoms with Crippen molar-refractivity contribution in [2.24, 2.45) is 0 Å². The minimum absolute atomic E-state index is 0.0804. The van der Waals surface area contributed by atoms with E-state index in [1.165, 1.54) is 18.9 Å². The molecule has 0 radical (unpaired) electrons. The zero-order valence-corrected chi connectivity index (χ0v) is 17.5. The fourth-order valence-electron chi connectivity index (χ4n) is 3.75. The summed E-state index contributed by atoms with van der Waals surface area (Å²) >= 11 is 0. The molecule has 1 aliphatic rings. The van der Waals surface area contributed by atoms with Crippen LogP contribution in [0, 0.1) is 0 Å². The Morgan fingerprint density at radius 2 is 1.67 bits per heavy atom. The minimum Gasteiger partial charge on any atom is -0.503 e. The number of para-hydroxylation sites is 1. The van der Waals surface area contributed by atoms with Gasteiger partial charge in [-0.2, -0.15) is 0 Å². The van der Waals surface area contributed by atoms with Crippen LogP contribution in [-0.2, 0) is 16.0 Å². The van der Waals surface area contributed by atoms with Gasteiger partial charge in [0.15, 0.2) is 23.0 Å². The number of carbonyl (C=O) groups is 2. The van der Waals surface area contributed by atoms with Gasteiger partial charge in [-0.25, -0.2) is 0 Å². The number of ketones is 1. The summed E-state index contributed by atoms with van der Waals surface area (Å²) in [5.41, 5.74) is 1.65. The zero-order valence-electron chi connectivity index (χ0n) is 17.5. The van der Waals surface area contributed by atoms with Gasteiger partial charge in [0, 0.05) is 12.1 Å². The second kappa shape index (κ2) is 8.90. The van der Waals surface area contributed by atoms with Crippen LogP contribution in [0.15, 0.2) is 53.8 Å². The lowest BCUT2D eigenvalue weighted by molar-refractivity contribution is -0.129. The van der Waals surface area contributed by atoms with Crippen molar-refractivity contribution in [1.82, 2.24) is 4.90 Å². The standard InChI is InChI=1S/C23H25NO6/c1-14(25)20-21(16-7-5-6-8-17(16)28-2)24(23(27)22(20)26)12-11-15-9-10-18(29-3)19(13-15)30-4/h5-10,13,21,26H,11-12H2,1-4H3/t21-/m1/s1. The summed E-state index contributed by atoms with van der Waals surface area (Å²) in [6, 6.07) is 12.0. The third kappa shape index (κ3) is 3.83. The summed E-state index contributed by atoms with van der Waals surface area (Å²) in [7, 11) is 4.65. The number of ether oxygens (including phenoxy) is 3. The Kier molecular flexibility index (Phi) is 6.30. The molecule has 2 aromatic carbocycles. The van der Waals surface area contributed by atoms with E-state index in [1.54, 1.807) is 32.4 Å². The molecule has 7 heteroatoms. The molecule has 0 spiro atoms. The molecule has 30 heavy (non-hydrogen) atoms. The first-order valence-electron chi connectivity index (χ1n) is 9.51. The molecule has 2 aromatic rings. The lowest BCUT2D eigenvalue weighted by atomic mass is 9.95. The predicted molar refractivity (Wildman–Crippen MR) is 111 cm³/mol. The molecule has 1 heterocycles. The van der Waals surface area contributed by atoms with E-state index in [1.807, 2.05) is 24.3 Å². The predicted octanol–water partition coefficient (Wildman–Crippen LogP) is 3.24. The van der Waals surface area contributed by atoms with Crippen molar-refractivity contribution in [3.8, 4) is 17.2 Å². The van der Waals surface area contributed by atoms with Crippen molar-refractivity contribution in [2.45, 2.75) is 19.4 Å². The maximum Gasteiger partial charge on any atom is 0.290 e. The van der Waals surface area contributed by atoms with Gasteiger partial charge in [0.1, 0.15) is 5.75 Å². The van der Waals surface area contributed by atoms with Crippen molar-refractivity contribution in [1.29, 1.82) is 0 Å². The first kappa shape index (κ1) is 21.2. The Hall–Kier alpha value is -3.48. The zero-order chi connectivity index (χ0) is 21.8. The third-order valence-electron chi connectivity index (χ3n) is 5.21. The molecule has 0 saturated heterocycles. The molecule has 7 nitrogen and oxygen atoms in total. The van der Waals surface area contributed by atoms with Gasteiger partial charge in [0.25, 0.3) is 5.91 Å². The normalized spacial score (nSPS) is 16.1. The number of nitrogens with zero attached hydrogens (tertiary/aromatic N) is 1. The fraction of sp³-hybridized carbons (Fsp3) is 0.304. The van der Waals surface area contributed by atoms with Crippen LogP contribution in [0.25, 0.3) is 0 Å². The van der Waals surface area contributed by atoms with Crippen molar-refractivity contribution in [3.05, 3.63) is 64.9 Å². The average molecular weight is 411 g/mol. The number of aliphatic hydroxyl groups is 1. The molecule has 0 aliphatic carbocycles. The van der Waals surface area contributed by atoms with E-state index in [9.17, 15) is 14.7 Å². The highest BCUT2D eigenvalue weighted by molar-refractivity contribution is 6.08. The smallest absolute Gasteiger partial charge is 0.290 e. The monoisotopic (exact) mass is 411 g/mol. The number of methoxy groups -OCH3 is 3. The SMILES string of the molecule is COc1ccc(CCN2C(=O)C(O)=C(C(C)=O)[C@H]2c2ccccc2OC)cc1OC. The molecule has 1 amide bonds. The number of Topliss-reactive ketones (excluding diaryl/α,β-unsaturated/α-hetero) is 1. The minimum atomic E-state index is -0.716. The number of hydrogen-bond donors (Lipinski definition) is 1. The van der Waals surface area contributed by atoms with Crippen LogP contribution in [-0.4, -0.2) is 49.6 Å². The van der Waals surface area contributed by atoms with E-state index in [0.717, 1.165) is 5.56 Å². The van der Waals surface area contributed by atoms with Crippen LogP contribution in [0.3, 0.4) is 0 Å². The van der Waals surface area contributed by atoms with Crippen molar-refractivity contribution >= 4 is 11.7 Å². The summed E-state index contributed by atoms with van der Waals surface area (Å²) in [5, 5.41) is 10.4. The number of rotatable bonds is 8. The van der Waals surface area contributed by atoms with Gasteiger partial charge in [0.05, 0.1) is 32.9 Å². The highest BCUT2D eigenvalue weighted by Gasteiger charge is 2.43. The maximum atomic E-state index is 12.8. The topological polar surface area (TPSA) is 85.3 Å². The molecular formula is C23H25NO6. The van der Waals surface area contributed by atoms with Gasteiger partial charge >= 0.3 is 0 Å². The molecule has 1 N–H and O–H groups in total. The lowest BCUT2D eigenvalue weighted by Gasteiger charge is -2.27. The van der Waals surface area contributed by atoms with Crippen molar-refractivity contribution < 1.29 is 28.9 Å². The summed E-state index contributed by atoms with van der Waals surface area (Å²) in [6.45, 7) is 1.64. The van der Waals surface area contributed by atoms with Gasteiger partial charge in [-0.1, -0.05) is 24.3 Å². The lowest BCUT2D eigenvalue weighted by Crippen LogP contribution is -2.33. The maximum absolute atomic E-state index is 12.8. The van der Waals surface area contributed by atoms with Crippen LogP contribution in [0.1, 0.15) is 24.1 Å². The molecule has 3 rings (SSSR count). The molecule has 0 aromatic heterocycles. The number of hydrogen-bond acceptors (Lipinski definition) is 6. The fourth-order valence-corrected chi connectivity index (χ4v) is 3.75. The van der Waals surface area contributed by atoms with E-state index in [4.69, 9.17) is 14.2 Å². The van der Waals surface area contributed by atoms with Crippen molar-refractivity contribution in [2.75, 3.05) is 27.9 Å². The molecule has 0 unspecified atom stereocenters. The highest BCUT2D eigenvalue weighted by atomic mass is 16.5. The summed E-state index contributed by atoms with van der Waals surface area (Å²) < 4.78 is 16.0. The number of amides is 1. The second-order valence-electron chi connectivity index (χ2n) is 6.90. The van der Waals surface area contributed by atoms with Gasteiger partial charge in [-0.3, -0.25) is 9.59 Å². The third-order valence-corrected chi connectivity index (χ3v) is 5.21. The molecule has 1 atom stereocenters. The summed E-state index contributed by atoms with van der Waals surface area (Å²) in [6.07, 6.45) is 0.496. The molecule has 0 fully saturated rings. The van der Waals surface area contributed by atoms with Crippen LogP contribution in [0.2, 0.25) is 0 Å². The summed E-state index contributed by atoms with van der Waals surface area (Å²) in [4.78, 5) is 26.6. The van der Waals surface area contributed by atoms with Gasteiger partial charge in [0.2, 0.25) is 0 Å². The molecule has 0 bridgehead atoms. The number of benzene rings is 2. The van der Waals surface area contributed by atoms with Gasteiger partial charge in [-0.05, 0) is 37.1 Å². The summed E-state index contributed by atoms with van der Waals surface area (Å²) in [5.74, 6) is 0.311. The Labute approximate surface area is 175 Å². The molecule has 158 valence electrons. The Balaban J connectivity index is 1.94. The quantitative estimate of drug-likeness (QED) is 0.718. The van der Waals surface area contributed by atoms with Crippen molar-refractivity contribution in [3.63, 3.8) is 0 Å². The first-order chi connectivity index (χ1) is 14.4. The van der Waals surface area contributed by atoms with E-state index in [-0.39, 0.29) is 17.9 Å². The highest BCUT2D eigenvalue weighted by Crippen LogP contribution is 2.41. The molecular weight excluding hydrogens is 386 g/mol. The number of aliphatic hydroxyl groups excluding tert-OH is 1. The van der Waals surface area contributed by atoms with E-state index >= 15 is 0 Å². The molecule has 1 aliphatic heterocycles. The van der Waals surface area contributed by atoms with E-state index in [2.05, 4.69) is 0 Å². The van der Waals surface area contributed by atoms with E-state index in [0.29, 0.717) is 29.2 Å².